The molecule has 3 nitrogen and oxygen atoms in total. The van der Waals surface area contributed by atoms with Gasteiger partial charge in [0.05, 0.1) is 14.1 Å². The molecule has 0 aliphatic carbocycles. The van der Waals surface area contributed by atoms with Crippen molar-refractivity contribution >= 4 is 11.6 Å². The van der Waals surface area contributed by atoms with E-state index in [1.54, 1.807) is 0 Å². The van der Waals surface area contributed by atoms with Crippen molar-refractivity contribution in [3.63, 3.8) is 0 Å². The summed E-state index contributed by atoms with van der Waals surface area (Å²) in [7, 11) is 6.31. The summed E-state index contributed by atoms with van der Waals surface area (Å²) >= 11 is 6.05. The molecule has 0 unspecified atom stereocenters. The smallest absolute Gasteiger partial charge is 0.134 e. The molecule has 0 aliphatic heterocycles. The molecule has 0 amide bonds. The van der Waals surface area contributed by atoms with Crippen LogP contribution in [-0.4, -0.2) is 43.8 Å². The van der Waals surface area contributed by atoms with Crippen LogP contribution in [0.15, 0.2) is 54.6 Å². The third-order valence-electron chi connectivity index (χ3n) is 3.87. The number of rotatable bonds is 9. The van der Waals surface area contributed by atoms with Crippen molar-refractivity contribution in [1.29, 1.82) is 0 Å². The molecular formula is C20H28ClN2O+. The minimum atomic E-state index is 0.503. The molecule has 130 valence electrons. The molecule has 2 aromatic rings. The van der Waals surface area contributed by atoms with Gasteiger partial charge in [0.25, 0.3) is 0 Å². The van der Waals surface area contributed by atoms with Crippen molar-refractivity contribution < 1.29 is 9.48 Å². The fourth-order valence-electron chi connectivity index (χ4n) is 2.74. The van der Waals surface area contributed by atoms with Gasteiger partial charge < -0.3 is 4.90 Å². The van der Waals surface area contributed by atoms with Crippen LogP contribution in [0.4, 0.5) is 0 Å². The van der Waals surface area contributed by atoms with Crippen LogP contribution >= 0.6 is 11.6 Å². The first-order valence-corrected chi connectivity index (χ1v) is 8.77. The van der Waals surface area contributed by atoms with Gasteiger partial charge in [-0.05, 0) is 31.2 Å². The fraction of sp³-hybridized carbons (Fsp3) is 0.400. The zero-order valence-corrected chi connectivity index (χ0v) is 15.7. The Kier molecular flexibility index (Phi) is 7.25. The second-order valence-corrected chi connectivity index (χ2v) is 7.21. The van der Waals surface area contributed by atoms with Crippen molar-refractivity contribution in [3.05, 3.63) is 70.7 Å². The minimum absolute atomic E-state index is 0.503. The van der Waals surface area contributed by atoms with Crippen molar-refractivity contribution in [2.75, 3.05) is 34.3 Å². The van der Waals surface area contributed by atoms with Crippen molar-refractivity contribution in [1.82, 2.24) is 4.90 Å². The van der Waals surface area contributed by atoms with E-state index in [2.05, 4.69) is 62.4 Å². The van der Waals surface area contributed by atoms with Gasteiger partial charge in [0.1, 0.15) is 13.2 Å². The normalized spacial score (nSPS) is 11.9. The topological polar surface area (TPSA) is 12.5 Å². The highest BCUT2D eigenvalue weighted by Gasteiger charge is 2.18. The maximum atomic E-state index is 6.05. The maximum Gasteiger partial charge on any atom is 0.134 e. The Morgan fingerprint density at radius 1 is 1.00 bits per heavy atom. The van der Waals surface area contributed by atoms with Gasteiger partial charge in [0.2, 0.25) is 0 Å². The van der Waals surface area contributed by atoms with Crippen LogP contribution < -0.4 is 0 Å². The average molecular weight is 348 g/mol. The molecule has 0 aliphatic rings. The number of hydroxylamine groups is 3. The molecule has 0 heterocycles. The molecule has 2 aromatic carbocycles. The van der Waals surface area contributed by atoms with E-state index in [0.29, 0.717) is 4.65 Å². The maximum absolute atomic E-state index is 6.05. The standard InChI is InChI=1S/C20H28ClN2O/c1-22(16-18-9-5-4-6-10-18)13-8-14-24-23(2,3)17-19-11-7-12-20(21)15-19/h4-7,9-12,15H,8,13-14,16-17H2,1-3H3/q+1. The summed E-state index contributed by atoms with van der Waals surface area (Å²) in [6.07, 6.45) is 1.01. The van der Waals surface area contributed by atoms with E-state index >= 15 is 0 Å². The van der Waals surface area contributed by atoms with Crippen LogP contribution in [0.3, 0.4) is 0 Å². The summed E-state index contributed by atoms with van der Waals surface area (Å²) in [5.74, 6) is 0. The number of hydrogen-bond acceptors (Lipinski definition) is 2. The van der Waals surface area contributed by atoms with Gasteiger partial charge in [0, 0.05) is 23.7 Å². The van der Waals surface area contributed by atoms with Gasteiger partial charge in [-0.1, -0.05) is 54.1 Å². The number of halogens is 1. The van der Waals surface area contributed by atoms with Gasteiger partial charge in [-0.15, -0.1) is 0 Å². The Labute approximate surface area is 151 Å². The Morgan fingerprint density at radius 2 is 1.71 bits per heavy atom. The second-order valence-electron chi connectivity index (χ2n) is 6.77. The summed E-state index contributed by atoms with van der Waals surface area (Å²) in [5.41, 5.74) is 2.53. The van der Waals surface area contributed by atoms with E-state index in [0.717, 1.165) is 37.7 Å². The predicted octanol–water partition coefficient (Wildman–Crippen LogP) is 4.37. The monoisotopic (exact) mass is 347 g/mol. The van der Waals surface area contributed by atoms with Gasteiger partial charge in [0.15, 0.2) is 0 Å². The molecule has 0 fully saturated rings. The molecule has 0 atom stereocenters. The van der Waals surface area contributed by atoms with Gasteiger partial charge in [-0.2, -0.15) is 4.65 Å². The Bertz CT molecular complexity index is 616. The summed E-state index contributed by atoms with van der Waals surface area (Å²) in [6, 6.07) is 18.5. The molecular weight excluding hydrogens is 320 g/mol. The Morgan fingerprint density at radius 3 is 2.42 bits per heavy atom. The van der Waals surface area contributed by atoms with Crippen LogP contribution in [0.1, 0.15) is 17.5 Å². The SMILES string of the molecule is CN(CCCO[N+](C)(C)Cc1cccc(Cl)c1)Cc1ccccc1. The summed E-state index contributed by atoms with van der Waals surface area (Å²) in [5, 5.41) is 0.773. The van der Waals surface area contributed by atoms with Crippen LogP contribution in [0.2, 0.25) is 5.02 Å². The summed E-state index contributed by atoms with van der Waals surface area (Å²) in [4.78, 5) is 8.37. The zero-order valence-electron chi connectivity index (χ0n) is 14.9. The van der Waals surface area contributed by atoms with E-state index in [-0.39, 0.29) is 0 Å². The lowest BCUT2D eigenvalue weighted by Crippen LogP contribution is -2.39. The van der Waals surface area contributed by atoms with E-state index < -0.39 is 0 Å². The first-order chi connectivity index (χ1) is 11.4. The molecule has 0 radical (unpaired) electrons. The van der Waals surface area contributed by atoms with Gasteiger partial charge >= 0.3 is 0 Å². The molecule has 0 saturated heterocycles. The molecule has 0 spiro atoms. The van der Waals surface area contributed by atoms with Crippen molar-refractivity contribution in [2.24, 2.45) is 0 Å². The molecule has 0 N–H and O–H groups in total. The summed E-state index contributed by atoms with van der Waals surface area (Å²) < 4.78 is 0.503. The molecule has 24 heavy (non-hydrogen) atoms. The minimum Gasteiger partial charge on any atom is -0.302 e. The van der Waals surface area contributed by atoms with Crippen molar-refractivity contribution in [3.8, 4) is 0 Å². The zero-order chi connectivity index (χ0) is 17.4. The van der Waals surface area contributed by atoms with Crippen LogP contribution in [0.25, 0.3) is 0 Å². The third kappa shape index (κ3) is 7.02. The van der Waals surface area contributed by atoms with E-state index in [1.165, 1.54) is 11.1 Å². The highest BCUT2D eigenvalue weighted by molar-refractivity contribution is 6.30. The first-order valence-electron chi connectivity index (χ1n) is 8.39. The highest BCUT2D eigenvalue weighted by Crippen LogP contribution is 2.15. The molecule has 0 bridgehead atoms. The highest BCUT2D eigenvalue weighted by atomic mass is 35.5. The molecule has 0 saturated carbocycles. The third-order valence-corrected chi connectivity index (χ3v) is 4.11. The lowest BCUT2D eigenvalue weighted by atomic mass is 10.2. The van der Waals surface area contributed by atoms with E-state index in [9.17, 15) is 0 Å². The summed E-state index contributed by atoms with van der Waals surface area (Å²) in [6.45, 7) is 3.54. The van der Waals surface area contributed by atoms with Gasteiger partial charge in [-0.3, -0.25) is 0 Å². The number of nitrogens with zero attached hydrogens (tertiary/aromatic N) is 2. The molecule has 2 rings (SSSR count). The van der Waals surface area contributed by atoms with Crippen LogP contribution in [0.5, 0.6) is 0 Å². The van der Waals surface area contributed by atoms with Crippen molar-refractivity contribution in [2.45, 2.75) is 19.5 Å². The van der Waals surface area contributed by atoms with E-state index in [4.69, 9.17) is 16.4 Å². The average Bonchev–Trinajstić information content (AvgIpc) is 2.52. The number of quaternary nitrogens is 1. The van der Waals surface area contributed by atoms with Crippen LogP contribution in [-0.2, 0) is 17.9 Å². The van der Waals surface area contributed by atoms with Gasteiger partial charge in [-0.25, -0.2) is 4.84 Å². The quantitative estimate of drug-likeness (QED) is 0.379. The lowest BCUT2D eigenvalue weighted by Gasteiger charge is -2.27. The second kappa shape index (κ2) is 9.19. The molecule has 4 heteroatoms. The fourth-order valence-corrected chi connectivity index (χ4v) is 2.95. The van der Waals surface area contributed by atoms with Crippen LogP contribution in [0, 0.1) is 0 Å². The first kappa shape index (κ1) is 18.9. The Hall–Kier alpha value is -1.39. The number of hydrogen-bond donors (Lipinski definition) is 0. The number of benzene rings is 2. The predicted molar refractivity (Wildman–Crippen MR) is 101 cm³/mol. The molecule has 0 aromatic heterocycles. The largest absolute Gasteiger partial charge is 0.302 e. The van der Waals surface area contributed by atoms with E-state index in [1.807, 2.05) is 18.2 Å². The lowest BCUT2D eigenvalue weighted by molar-refractivity contribution is -1.09. The Balaban J connectivity index is 1.69.